The van der Waals surface area contributed by atoms with Gasteiger partial charge in [-0.2, -0.15) is 0 Å². The largest absolute Gasteiger partial charge is 0.493 e. The van der Waals surface area contributed by atoms with Gasteiger partial charge in [-0.15, -0.1) is 0 Å². The Bertz CT molecular complexity index is 863. The van der Waals surface area contributed by atoms with E-state index in [1.165, 1.54) is 60.7 Å². The molecule has 0 aromatic heterocycles. The second-order valence-electron chi connectivity index (χ2n) is 5.54. The number of methoxy groups -OCH3 is 5. The summed E-state index contributed by atoms with van der Waals surface area (Å²) in [5.41, 5.74) is 0.312. The Labute approximate surface area is 162 Å². The highest BCUT2D eigenvalue weighted by Crippen LogP contribution is 2.42. The molecule has 2 rings (SSSR count). The Morgan fingerprint density at radius 2 is 1.21 bits per heavy atom. The van der Waals surface area contributed by atoms with Crippen molar-refractivity contribution in [3.63, 3.8) is 0 Å². The normalized spacial score (nSPS) is 10.1. The van der Waals surface area contributed by atoms with Crippen LogP contribution in [0.2, 0.25) is 0 Å². The van der Waals surface area contributed by atoms with Crippen molar-refractivity contribution in [2.45, 2.75) is 6.92 Å². The highest BCUT2D eigenvalue weighted by molar-refractivity contribution is 6.00. The van der Waals surface area contributed by atoms with Crippen molar-refractivity contribution < 1.29 is 38.0 Å². The second-order valence-corrected chi connectivity index (χ2v) is 5.54. The molecule has 0 aliphatic carbocycles. The number of carbonyl (C=O) groups is 2. The molecule has 0 radical (unpaired) electrons. The molecule has 2 aromatic carbocycles. The minimum Gasteiger partial charge on any atom is -0.493 e. The van der Waals surface area contributed by atoms with Crippen LogP contribution in [0.1, 0.15) is 27.6 Å². The van der Waals surface area contributed by atoms with Crippen molar-refractivity contribution in [2.75, 3.05) is 35.5 Å². The summed E-state index contributed by atoms with van der Waals surface area (Å²) in [6.45, 7) is 1.36. The summed E-state index contributed by atoms with van der Waals surface area (Å²) >= 11 is 0. The molecule has 0 saturated carbocycles. The van der Waals surface area contributed by atoms with Gasteiger partial charge in [0.05, 0.1) is 46.7 Å². The molecule has 0 saturated heterocycles. The topological polar surface area (TPSA) is 89.5 Å². The van der Waals surface area contributed by atoms with E-state index in [4.69, 9.17) is 28.4 Å². The molecule has 0 bridgehead atoms. The zero-order valence-corrected chi connectivity index (χ0v) is 16.6. The van der Waals surface area contributed by atoms with Crippen LogP contribution in [0.15, 0.2) is 24.3 Å². The number of Topliss-reactive ketones (excluding diaryl/α,β-unsaturated/α-hetero) is 1. The van der Waals surface area contributed by atoms with E-state index in [1.54, 1.807) is 6.07 Å². The lowest BCUT2D eigenvalue weighted by Gasteiger charge is -2.17. The van der Waals surface area contributed by atoms with Gasteiger partial charge in [0, 0.05) is 0 Å². The average molecular weight is 390 g/mol. The smallest absolute Gasteiger partial charge is 0.343 e. The zero-order valence-electron chi connectivity index (χ0n) is 16.6. The van der Waals surface area contributed by atoms with E-state index in [0.717, 1.165) is 0 Å². The summed E-state index contributed by atoms with van der Waals surface area (Å²) in [7, 11) is 7.16. The van der Waals surface area contributed by atoms with Gasteiger partial charge in [-0.05, 0) is 31.2 Å². The molecular formula is C20H22O8. The Morgan fingerprint density at radius 1 is 0.679 bits per heavy atom. The van der Waals surface area contributed by atoms with E-state index < -0.39 is 5.97 Å². The van der Waals surface area contributed by atoms with Crippen LogP contribution in [0.25, 0.3) is 0 Å². The van der Waals surface area contributed by atoms with Gasteiger partial charge >= 0.3 is 5.97 Å². The summed E-state index contributed by atoms with van der Waals surface area (Å²) in [5, 5.41) is 0. The Hall–Kier alpha value is -3.42. The lowest BCUT2D eigenvalue weighted by molar-refractivity contribution is 0.0726. The van der Waals surface area contributed by atoms with Gasteiger partial charge in [-0.25, -0.2) is 4.79 Å². The number of ketones is 1. The highest BCUT2D eigenvalue weighted by Gasteiger charge is 2.24. The molecule has 8 heteroatoms. The molecular weight excluding hydrogens is 368 g/mol. The van der Waals surface area contributed by atoms with Crippen LogP contribution >= 0.6 is 0 Å². The van der Waals surface area contributed by atoms with Crippen LogP contribution in [-0.2, 0) is 0 Å². The molecule has 0 amide bonds. The number of benzene rings is 2. The minimum absolute atomic E-state index is 0.0342. The number of ether oxygens (including phenoxy) is 6. The van der Waals surface area contributed by atoms with E-state index in [1.807, 2.05) is 0 Å². The number of esters is 1. The van der Waals surface area contributed by atoms with Crippen LogP contribution in [0.5, 0.6) is 34.5 Å². The molecule has 150 valence electrons. The van der Waals surface area contributed by atoms with E-state index in [2.05, 4.69) is 0 Å². The second kappa shape index (κ2) is 8.98. The minimum atomic E-state index is -0.742. The number of rotatable bonds is 8. The highest BCUT2D eigenvalue weighted by atomic mass is 16.6. The van der Waals surface area contributed by atoms with Gasteiger partial charge in [-0.1, -0.05) is 0 Å². The molecule has 0 N–H and O–H groups in total. The molecule has 0 atom stereocenters. The molecule has 28 heavy (non-hydrogen) atoms. The van der Waals surface area contributed by atoms with Gasteiger partial charge in [0.25, 0.3) is 0 Å². The summed E-state index contributed by atoms with van der Waals surface area (Å²) < 4.78 is 31.8. The fraction of sp³-hybridized carbons (Fsp3) is 0.300. The number of hydrogen-bond acceptors (Lipinski definition) is 8. The fourth-order valence-electron chi connectivity index (χ4n) is 2.63. The summed E-state index contributed by atoms with van der Waals surface area (Å²) in [6.07, 6.45) is 0. The Morgan fingerprint density at radius 3 is 1.64 bits per heavy atom. The third-order valence-corrected chi connectivity index (χ3v) is 3.97. The molecule has 2 aromatic rings. The standard InChI is InChI=1S/C20H22O8/c1-11(21)13-7-8-14(23-2)19(27-6)17(13)28-20(22)12-9-15(24-3)18(26-5)16(10-12)25-4/h7-10H,1-6H3. The number of hydrogen-bond donors (Lipinski definition) is 0. The summed E-state index contributed by atoms with van der Waals surface area (Å²) in [4.78, 5) is 24.8. The number of carbonyl (C=O) groups excluding carboxylic acids is 2. The Balaban J connectivity index is 2.55. The average Bonchev–Trinajstić information content (AvgIpc) is 2.71. The Kier molecular flexibility index (Phi) is 6.70. The van der Waals surface area contributed by atoms with Crippen molar-refractivity contribution in [3.8, 4) is 34.5 Å². The maximum Gasteiger partial charge on any atom is 0.343 e. The van der Waals surface area contributed by atoms with Gasteiger partial charge < -0.3 is 28.4 Å². The van der Waals surface area contributed by atoms with E-state index in [9.17, 15) is 9.59 Å². The lowest BCUT2D eigenvalue weighted by atomic mass is 10.1. The molecule has 0 aliphatic rings. The predicted octanol–water partition coefficient (Wildman–Crippen LogP) is 3.15. The predicted molar refractivity (Wildman–Crippen MR) is 101 cm³/mol. The van der Waals surface area contributed by atoms with Crippen LogP contribution in [0, 0.1) is 0 Å². The van der Waals surface area contributed by atoms with E-state index >= 15 is 0 Å². The summed E-state index contributed by atoms with van der Waals surface area (Å²) in [6, 6.07) is 5.96. The fourth-order valence-corrected chi connectivity index (χ4v) is 2.63. The lowest BCUT2D eigenvalue weighted by Crippen LogP contribution is -2.13. The van der Waals surface area contributed by atoms with Gasteiger partial charge in [0.1, 0.15) is 0 Å². The molecule has 8 nitrogen and oxygen atoms in total. The van der Waals surface area contributed by atoms with E-state index in [0.29, 0.717) is 11.5 Å². The molecule has 0 aliphatic heterocycles. The van der Waals surface area contributed by atoms with Crippen molar-refractivity contribution in [1.82, 2.24) is 0 Å². The molecule has 0 fully saturated rings. The maximum absolute atomic E-state index is 12.8. The van der Waals surface area contributed by atoms with E-state index in [-0.39, 0.29) is 39.9 Å². The van der Waals surface area contributed by atoms with Crippen molar-refractivity contribution in [3.05, 3.63) is 35.4 Å². The first-order chi connectivity index (χ1) is 13.4. The van der Waals surface area contributed by atoms with Crippen molar-refractivity contribution in [2.24, 2.45) is 0 Å². The maximum atomic E-state index is 12.8. The molecule has 0 heterocycles. The molecule has 0 spiro atoms. The SMILES string of the molecule is COc1cc(C(=O)Oc2c(C(C)=O)ccc(OC)c2OC)cc(OC)c1OC. The van der Waals surface area contributed by atoms with Gasteiger partial charge in [0.2, 0.25) is 11.5 Å². The van der Waals surface area contributed by atoms with Crippen LogP contribution in [0.3, 0.4) is 0 Å². The van der Waals surface area contributed by atoms with Crippen LogP contribution < -0.4 is 28.4 Å². The first-order valence-electron chi connectivity index (χ1n) is 8.19. The first-order valence-corrected chi connectivity index (χ1v) is 8.19. The van der Waals surface area contributed by atoms with Crippen molar-refractivity contribution >= 4 is 11.8 Å². The van der Waals surface area contributed by atoms with Gasteiger partial charge in [-0.3, -0.25) is 4.79 Å². The van der Waals surface area contributed by atoms with Gasteiger partial charge in [0.15, 0.2) is 28.8 Å². The quantitative estimate of drug-likeness (QED) is 0.386. The third-order valence-electron chi connectivity index (χ3n) is 3.97. The third kappa shape index (κ3) is 3.95. The molecule has 0 unspecified atom stereocenters. The van der Waals surface area contributed by atoms with Crippen LogP contribution in [-0.4, -0.2) is 47.3 Å². The first kappa shape index (κ1) is 20.9. The van der Waals surface area contributed by atoms with Crippen LogP contribution in [0.4, 0.5) is 0 Å². The monoisotopic (exact) mass is 390 g/mol. The summed E-state index contributed by atoms with van der Waals surface area (Å²) in [5.74, 6) is 0.299. The van der Waals surface area contributed by atoms with Crippen molar-refractivity contribution in [1.29, 1.82) is 0 Å². The zero-order chi connectivity index (χ0) is 20.8.